The first-order chi connectivity index (χ1) is 18.8. The van der Waals surface area contributed by atoms with Gasteiger partial charge < -0.3 is 24.1 Å². The van der Waals surface area contributed by atoms with Crippen LogP contribution >= 0.6 is 0 Å². The Morgan fingerprint density at radius 1 is 1.12 bits per heavy atom. The van der Waals surface area contributed by atoms with Crippen molar-refractivity contribution in [3.05, 3.63) is 23.8 Å². The van der Waals surface area contributed by atoms with Crippen LogP contribution in [0, 0.1) is 28.6 Å². The highest BCUT2D eigenvalue weighted by Crippen LogP contribution is 2.71. The Balaban J connectivity index is 1.74. The Morgan fingerprint density at radius 2 is 1.85 bits per heavy atom. The van der Waals surface area contributed by atoms with Crippen molar-refractivity contribution in [3.63, 3.8) is 0 Å². The van der Waals surface area contributed by atoms with Crippen molar-refractivity contribution >= 4 is 23.9 Å². The molecule has 222 valence electrons. The molecule has 0 amide bonds. The van der Waals surface area contributed by atoms with Gasteiger partial charge in [0.15, 0.2) is 23.7 Å². The predicted molar refractivity (Wildman–Crippen MR) is 141 cm³/mol. The Morgan fingerprint density at radius 3 is 2.52 bits per heavy atom. The second-order valence-electron chi connectivity index (χ2n) is 12.2. The number of carbonyl (C=O) groups is 4. The molecule has 3 fully saturated rings. The van der Waals surface area contributed by atoms with Crippen molar-refractivity contribution in [2.75, 3.05) is 20.3 Å². The summed E-state index contributed by atoms with van der Waals surface area (Å²) in [5.74, 6) is -2.63. The number of hydrogen-bond acceptors (Lipinski definition) is 9. The first-order valence-electron chi connectivity index (χ1n) is 14.2. The molecule has 0 aromatic rings. The highest BCUT2D eigenvalue weighted by Gasteiger charge is 2.77. The SMILES string of the molecule is CCCCCOC(=O)O[C@]1(C(=O)COC(=O)OC)[C@H](C)C[C@H]2[C@@H]3CCC4=CC(=O)C=C[C@]4(C)[C@@]3(F)[C@@H](O)C[C@@]21C. The van der Waals surface area contributed by atoms with Crippen molar-refractivity contribution < 1.29 is 47.6 Å². The summed E-state index contributed by atoms with van der Waals surface area (Å²) in [5.41, 5.74) is -5.70. The molecule has 0 radical (unpaired) electrons. The molecule has 0 spiro atoms. The molecule has 10 heteroatoms. The van der Waals surface area contributed by atoms with E-state index in [-0.39, 0.29) is 18.8 Å². The number of fused-ring (bicyclic) bond motifs is 5. The lowest BCUT2D eigenvalue weighted by molar-refractivity contribution is -0.222. The van der Waals surface area contributed by atoms with E-state index < -0.39 is 70.7 Å². The fourth-order valence-corrected chi connectivity index (χ4v) is 8.36. The molecule has 0 aromatic carbocycles. The molecule has 0 unspecified atom stereocenters. The fourth-order valence-electron chi connectivity index (χ4n) is 8.36. The summed E-state index contributed by atoms with van der Waals surface area (Å²) in [7, 11) is 1.11. The van der Waals surface area contributed by atoms with Gasteiger partial charge in [0.1, 0.15) is 0 Å². The normalized spacial score (nSPS) is 39.8. The van der Waals surface area contributed by atoms with Crippen LogP contribution in [-0.4, -0.2) is 66.7 Å². The van der Waals surface area contributed by atoms with E-state index >= 15 is 4.39 Å². The van der Waals surface area contributed by atoms with Gasteiger partial charge in [0.2, 0.25) is 5.78 Å². The van der Waals surface area contributed by atoms with Crippen LogP contribution in [-0.2, 0) is 28.5 Å². The molecule has 8 atom stereocenters. The molecule has 0 saturated heterocycles. The minimum absolute atomic E-state index is 0.113. The third-order valence-electron chi connectivity index (χ3n) is 10.3. The van der Waals surface area contributed by atoms with Crippen molar-refractivity contribution in [2.45, 2.75) is 90.0 Å². The molecule has 0 bridgehead atoms. The lowest BCUT2D eigenvalue weighted by Gasteiger charge is -2.62. The van der Waals surface area contributed by atoms with Crippen LogP contribution in [0.1, 0.15) is 72.6 Å². The van der Waals surface area contributed by atoms with Gasteiger partial charge in [-0.3, -0.25) is 9.59 Å². The van der Waals surface area contributed by atoms with Gasteiger partial charge in [0.25, 0.3) is 0 Å². The minimum atomic E-state index is -2.11. The number of alkyl halides is 1. The number of ketones is 2. The van der Waals surface area contributed by atoms with E-state index in [1.165, 1.54) is 12.2 Å². The number of rotatable bonds is 8. The Hall–Kier alpha value is -2.75. The van der Waals surface area contributed by atoms with Gasteiger partial charge in [0, 0.05) is 22.7 Å². The monoisotopic (exact) mass is 564 g/mol. The third-order valence-corrected chi connectivity index (χ3v) is 10.3. The maximum Gasteiger partial charge on any atom is 0.509 e. The summed E-state index contributed by atoms with van der Waals surface area (Å²) < 4.78 is 38.3. The molecule has 0 aliphatic heterocycles. The van der Waals surface area contributed by atoms with E-state index in [1.807, 2.05) is 6.92 Å². The zero-order valence-corrected chi connectivity index (χ0v) is 24.0. The molecule has 1 N–H and O–H groups in total. The van der Waals surface area contributed by atoms with Crippen LogP contribution in [0.25, 0.3) is 0 Å². The van der Waals surface area contributed by atoms with E-state index in [2.05, 4.69) is 4.74 Å². The number of methoxy groups -OCH3 is 1. The van der Waals surface area contributed by atoms with Gasteiger partial charge in [-0.05, 0) is 57.1 Å². The average molecular weight is 565 g/mol. The highest BCUT2D eigenvalue weighted by molar-refractivity contribution is 6.01. The molecule has 0 aromatic heterocycles. The number of hydrogen-bond donors (Lipinski definition) is 1. The summed E-state index contributed by atoms with van der Waals surface area (Å²) in [6.45, 7) is 6.62. The van der Waals surface area contributed by atoms with Crippen LogP contribution in [0.15, 0.2) is 23.8 Å². The van der Waals surface area contributed by atoms with Crippen molar-refractivity contribution in [1.82, 2.24) is 0 Å². The maximum atomic E-state index is 17.5. The highest BCUT2D eigenvalue weighted by atomic mass is 19.1. The summed E-state index contributed by atoms with van der Waals surface area (Å²) in [6.07, 6.45) is 4.11. The summed E-state index contributed by atoms with van der Waals surface area (Å²) in [4.78, 5) is 50.8. The zero-order valence-electron chi connectivity index (χ0n) is 24.0. The Labute approximate surface area is 234 Å². The zero-order chi connectivity index (χ0) is 29.5. The minimum Gasteiger partial charge on any atom is -0.438 e. The maximum absolute atomic E-state index is 17.5. The molecule has 40 heavy (non-hydrogen) atoms. The largest absolute Gasteiger partial charge is 0.509 e. The first kappa shape index (κ1) is 30.2. The number of carbonyl (C=O) groups excluding carboxylic acids is 4. The number of Topliss-reactive ketones (excluding diaryl/α,β-unsaturated/α-hetero) is 1. The second kappa shape index (κ2) is 10.9. The predicted octanol–water partition coefficient (Wildman–Crippen LogP) is 5.04. The second-order valence-corrected chi connectivity index (χ2v) is 12.2. The van der Waals surface area contributed by atoms with Crippen molar-refractivity contribution in [1.29, 1.82) is 0 Å². The van der Waals surface area contributed by atoms with Gasteiger partial charge in [-0.2, -0.15) is 0 Å². The number of aliphatic hydroxyl groups excluding tert-OH is 1. The molecule has 9 nitrogen and oxygen atoms in total. The van der Waals surface area contributed by atoms with Crippen LogP contribution in [0.4, 0.5) is 14.0 Å². The molecular formula is C30H41FO9. The number of allylic oxidation sites excluding steroid dienone is 4. The summed E-state index contributed by atoms with van der Waals surface area (Å²) in [5, 5.41) is 11.6. The molecular weight excluding hydrogens is 523 g/mol. The van der Waals surface area contributed by atoms with E-state index in [1.54, 1.807) is 26.8 Å². The van der Waals surface area contributed by atoms with Gasteiger partial charge in [0.05, 0.1) is 19.8 Å². The Kier molecular flexibility index (Phi) is 8.24. The van der Waals surface area contributed by atoms with Gasteiger partial charge >= 0.3 is 12.3 Å². The molecule has 4 rings (SSSR count). The topological polar surface area (TPSA) is 125 Å². The van der Waals surface area contributed by atoms with E-state index in [9.17, 15) is 24.3 Å². The fraction of sp³-hybridized carbons (Fsp3) is 0.733. The average Bonchev–Trinajstić information content (AvgIpc) is 3.12. The van der Waals surface area contributed by atoms with Crippen LogP contribution in [0.2, 0.25) is 0 Å². The van der Waals surface area contributed by atoms with Gasteiger partial charge in [-0.15, -0.1) is 0 Å². The first-order valence-corrected chi connectivity index (χ1v) is 14.2. The Bertz CT molecular complexity index is 1120. The van der Waals surface area contributed by atoms with Crippen molar-refractivity contribution in [3.8, 4) is 0 Å². The van der Waals surface area contributed by atoms with Gasteiger partial charge in [-0.1, -0.05) is 45.3 Å². The standard InChI is InChI=1S/C30H41FO9/c1-6-7-8-13-38-26(36)40-30(24(34)17-39-25(35)37-5)18(2)14-22-21-10-9-19-15-20(32)11-12-27(19,3)29(21,31)23(33)16-28(22,30)4/h11-12,15,18,21-23,33H,6-10,13-14,16-17H2,1-5H3/t18-,21+,22+,23+,27+,28+,29+,30+/m1/s1. The molecule has 3 saturated carbocycles. The molecule has 4 aliphatic carbocycles. The van der Waals surface area contributed by atoms with Crippen LogP contribution in [0.3, 0.4) is 0 Å². The number of ether oxygens (including phenoxy) is 4. The summed E-state index contributed by atoms with van der Waals surface area (Å²) in [6, 6.07) is 0. The lowest BCUT2D eigenvalue weighted by Crippen LogP contribution is -2.70. The van der Waals surface area contributed by atoms with E-state index in [4.69, 9.17) is 14.2 Å². The van der Waals surface area contributed by atoms with Crippen molar-refractivity contribution in [2.24, 2.45) is 28.6 Å². The number of aliphatic hydroxyl groups is 1. The number of unbranched alkanes of at least 4 members (excludes halogenated alkanes) is 2. The smallest absolute Gasteiger partial charge is 0.438 e. The third kappa shape index (κ3) is 4.37. The molecule has 0 heterocycles. The lowest BCUT2D eigenvalue weighted by atomic mass is 9.44. The molecule has 4 aliphatic rings. The summed E-state index contributed by atoms with van der Waals surface area (Å²) >= 11 is 0. The van der Waals surface area contributed by atoms with E-state index in [0.29, 0.717) is 31.3 Å². The van der Waals surface area contributed by atoms with Crippen LogP contribution < -0.4 is 0 Å². The number of halogens is 1. The van der Waals surface area contributed by atoms with Crippen LogP contribution in [0.5, 0.6) is 0 Å². The van der Waals surface area contributed by atoms with E-state index in [0.717, 1.165) is 20.0 Å². The van der Waals surface area contributed by atoms with Gasteiger partial charge in [-0.25, -0.2) is 14.0 Å². The quantitative estimate of drug-likeness (QED) is 0.319.